The smallest absolute Gasteiger partial charge is 0.183 e. The molecule has 0 spiro atoms. The zero-order valence-corrected chi connectivity index (χ0v) is 20.4. The minimum absolute atomic E-state index is 0.142. The molecule has 3 heterocycles. The highest BCUT2D eigenvalue weighted by Gasteiger charge is 2.23. The van der Waals surface area contributed by atoms with Gasteiger partial charge >= 0.3 is 0 Å². The second-order valence-corrected chi connectivity index (χ2v) is 8.97. The van der Waals surface area contributed by atoms with Gasteiger partial charge in [-0.2, -0.15) is 0 Å². The van der Waals surface area contributed by atoms with Crippen molar-refractivity contribution in [1.29, 1.82) is 0 Å². The summed E-state index contributed by atoms with van der Waals surface area (Å²) in [6, 6.07) is 4.05. The lowest BCUT2D eigenvalue weighted by atomic mass is 9.91. The maximum absolute atomic E-state index is 14.3. The lowest BCUT2D eigenvalue weighted by Crippen LogP contribution is -2.37. The number of H-pyrrole nitrogens is 1. The fourth-order valence-electron chi connectivity index (χ4n) is 4.23. The second-order valence-electron chi connectivity index (χ2n) is 8.53. The molecule has 37 heavy (non-hydrogen) atoms. The summed E-state index contributed by atoms with van der Waals surface area (Å²) in [5, 5.41) is 7.33. The van der Waals surface area contributed by atoms with Gasteiger partial charge in [-0.15, -0.1) is 0 Å². The summed E-state index contributed by atoms with van der Waals surface area (Å²) in [6.07, 6.45) is 7.83. The Bertz CT molecular complexity index is 1420. The van der Waals surface area contributed by atoms with Crippen molar-refractivity contribution in [3.05, 3.63) is 70.8 Å². The average molecular weight is 535 g/mol. The number of benzene rings is 1. The van der Waals surface area contributed by atoms with Gasteiger partial charge < -0.3 is 15.6 Å². The fraction of sp³-hybridized carbons (Fsp3) is 0.280. The van der Waals surface area contributed by atoms with Crippen molar-refractivity contribution in [2.45, 2.75) is 37.8 Å². The molecular weight excluding hydrogens is 512 g/mol. The molecule has 0 amide bonds. The molecule has 4 aromatic rings. The van der Waals surface area contributed by atoms with Crippen LogP contribution in [0.2, 0.25) is 5.02 Å². The first-order valence-electron chi connectivity index (χ1n) is 11.5. The number of aldehydes is 1. The highest BCUT2D eigenvalue weighted by molar-refractivity contribution is 6.31. The van der Waals surface area contributed by atoms with Crippen LogP contribution in [0.5, 0.6) is 0 Å². The number of nitrogens with zero attached hydrogens (tertiary/aromatic N) is 3. The summed E-state index contributed by atoms with van der Waals surface area (Å²) in [6.45, 7) is 0. The molecule has 0 unspecified atom stereocenters. The Hall–Kier alpha value is -3.57. The molecule has 7 nitrogen and oxygen atoms in total. The van der Waals surface area contributed by atoms with E-state index < -0.39 is 23.3 Å². The summed E-state index contributed by atoms with van der Waals surface area (Å²) in [5.41, 5.74) is 0.522. The zero-order chi connectivity index (χ0) is 26.5. The predicted octanol–water partition coefficient (Wildman–Crippen LogP) is 5.67. The number of anilines is 1. The van der Waals surface area contributed by atoms with Crippen molar-refractivity contribution in [2.24, 2.45) is 0 Å². The molecule has 12 heteroatoms. The van der Waals surface area contributed by atoms with Crippen LogP contribution in [0.4, 0.5) is 23.4 Å². The first-order chi connectivity index (χ1) is 17.8. The number of rotatable bonds is 5. The molecule has 2 atom stereocenters. The van der Waals surface area contributed by atoms with E-state index in [0.717, 1.165) is 38.1 Å². The van der Waals surface area contributed by atoms with E-state index in [-0.39, 0.29) is 28.9 Å². The molecule has 1 aromatic carbocycles. The largest absolute Gasteiger partial charge is 0.365 e. The van der Waals surface area contributed by atoms with Gasteiger partial charge in [-0.1, -0.05) is 11.6 Å². The van der Waals surface area contributed by atoms with Crippen molar-refractivity contribution in [1.82, 2.24) is 25.3 Å². The van der Waals surface area contributed by atoms with Crippen LogP contribution >= 0.6 is 11.6 Å². The molecule has 1 fully saturated rings. The van der Waals surface area contributed by atoms with Gasteiger partial charge in [-0.3, -0.25) is 4.79 Å². The minimum atomic E-state index is -0.935. The van der Waals surface area contributed by atoms with Crippen LogP contribution in [-0.4, -0.2) is 45.4 Å². The van der Waals surface area contributed by atoms with Gasteiger partial charge in [0.25, 0.3) is 0 Å². The molecule has 0 saturated heterocycles. The minimum Gasteiger partial charge on any atom is -0.365 e. The van der Waals surface area contributed by atoms with Crippen LogP contribution in [0.15, 0.2) is 36.8 Å². The first-order valence-corrected chi connectivity index (χ1v) is 11.9. The van der Waals surface area contributed by atoms with Crippen LogP contribution < -0.4 is 10.6 Å². The van der Waals surface area contributed by atoms with Crippen molar-refractivity contribution in [2.75, 3.05) is 12.4 Å². The van der Waals surface area contributed by atoms with Gasteiger partial charge in [-0.25, -0.2) is 32.5 Å². The Morgan fingerprint density at radius 2 is 1.81 bits per heavy atom. The molecule has 3 N–H and O–H groups in total. The van der Waals surface area contributed by atoms with Crippen LogP contribution in [0.3, 0.4) is 0 Å². The normalized spacial score (nSPS) is 17.2. The second kappa shape index (κ2) is 11.7. The van der Waals surface area contributed by atoms with Gasteiger partial charge in [0.15, 0.2) is 29.6 Å². The molecule has 3 aromatic heterocycles. The maximum Gasteiger partial charge on any atom is 0.183 e. The third-order valence-corrected chi connectivity index (χ3v) is 6.28. The van der Waals surface area contributed by atoms with E-state index in [9.17, 15) is 22.4 Å². The van der Waals surface area contributed by atoms with Gasteiger partial charge in [0.1, 0.15) is 17.3 Å². The van der Waals surface area contributed by atoms with Gasteiger partial charge in [0, 0.05) is 40.3 Å². The Labute approximate surface area is 214 Å². The van der Waals surface area contributed by atoms with Gasteiger partial charge in [0.05, 0.1) is 17.9 Å². The summed E-state index contributed by atoms with van der Waals surface area (Å²) >= 11 is 5.98. The van der Waals surface area contributed by atoms with E-state index in [0.29, 0.717) is 34.4 Å². The molecule has 5 rings (SSSR count). The number of carbonyl (C=O) groups is 1. The SMILES string of the molecule is CN[C@@H]1CCC[C@H](Nc2nc(-c3c[nH]c4c(F)cc(Cl)cc34)ncc2F)C1.O=Cc1ncc(F)cc1F. The van der Waals surface area contributed by atoms with Crippen molar-refractivity contribution in [3.8, 4) is 11.4 Å². The third-order valence-electron chi connectivity index (χ3n) is 6.06. The molecule has 0 radical (unpaired) electrons. The number of hydrogen-bond donors (Lipinski definition) is 3. The molecular formula is C25H23ClF4N6O. The fourth-order valence-corrected chi connectivity index (χ4v) is 4.43. The van der Waals surface area contributed by atoms with Crippen LogP contribution in [-0.2, 0) is 0 Å². The van der Waals surface area contributed by atoms with Crippen LogP contribution in [0.1, 0.15) is 36.2 Å². The van der Waals surface area contributed by atoms with E-state index in [2.05, 4.69) is 30.6 Å². The number of halogens is 5. The van der Waals surface area contributed by atoms with E-state index in [1.807, 2.05) is 7.05 Å². The van der Waals surface area contributed by atoms with E-state index in [1.165, 1.54) is 6.07 Å². The lowest BCUT2D eigenvalue weighted by molar-refractivity contribution is 0.111. The van der Waals surface area contributed by atoms with Gasteiger partial charge in [0.2, 0.25) is 0 Å². The monoisotopic (exact) mass is 534 g/mol. The summed E-state index contributed by atoms with van der Waals surface area (Å²) < 4.78 is 52.7. The molecule has 194 valence electrons. The number of aromatic nitrogens is 4. The molecule has 1 saturated carbocycles. The van der Waals surface area contributed by atoms with E-state index in [4.69, 9.17) is 11.6 Å². The van der Waals surface area contributed by atoms with E-state index in [1.54, 1.807) is 12.3 Å². The van der Waals surface area contributed by atoms with E-state index >= 15 is 0 Å². The van der Waals surface area contributed by atoms with Crippen molar-refractivity contribution < 1.29 is 22.4 Å². The molecule has 0 aliphatic heterocycles. The van der Waals surface area contributed by atoms with Crippen molar-refractivity contribution in [3.63, 3.8) is 0 Å². The molecule has 1 aliphatic rings. The first kappa shape index (κ1) is 26.5. The predicted molar refractivity (Wildman–Crippen MR) is 133 cm³/mol. The van der Waals surface area contributed by atoms with Crippen LogP contribution in [0.25, 0.3) is 22.3 Å². The topological polar surface area (TPSA) is 95.6 Å². The quantitative estimate of drug-likeness (QED) is 0.225. The Kier molecular flexibility index (Phi) is 8.34. The summed E-state index contributed by atoms with van der Waals surface area (Å²) in [5.74, 6) is -2.21. The number of pyridine rings is 1. The number of carbonyl (C=O) groups excluding carboxylic acids is 1. The summed E-state index contributed by atoms with van der Waals surface area (Å²) in [4.78, 5) is 24.4. The Morgan fingerprint density at radius 3 is 2.54 bits per heavy atom. The summed E-state index contributed by atoms with van der Waals surface area (Å²) in [7, 11) is 1.94. The zero-order valence-electron chi connectivity index (χ0n) is 19.7. The highest BCUT2D eigenvalue weighted by atomic mass is 35.5. The maximum atomic E-state index is 14.3. The Balaban J connectivity index is 0.000000270. The molecule has 1 aliphatic carbocycles. The standard InChI is InChI=1S/C19H20ClF2N5.C6H3F2NO/c1-23-11-3-2-4-12(7-11)26-19-16(22)9-25-18(27-19)14-8-24-17-13(14)5-10(20)6-15(17)21;7-4-1-5(8)6(3-10)9-2-4/h5-6,8-9,11-12,23-24H,2-4,7H2,1H3,(H,25,26,27);1-3H/t11-,12+;/m1./s1. The number of nitrogens with one attached hydrogen (secondary N) is 3. The Morgan fingerprint density at radius 1 is 1.03 bits per heavy atom. The lowest BCUT2D eigenvalue weighted by Gasteiger charge is -2.29. The highest BCUT2D eigenvalue weighted by Crippen LogP contribution is 2.31. The third kappa shape index (κ3) is 6.23. The molecule has 0 bridgehead atoms. The number of fused-ring (bicyclic) bond motifs is 1. The average Bonchev–Trinajstić information content (AvgIpc) is 3.30. The van der Waals surface area contributed by atoms with Gasteiger partial charge in [-0.05, 0) is 44.9 Å². The number of hydrogen-bond acceptors (Lipinski definition) is 6. The number of aromatic amines is 1. The van der Waals surface area contributed by atoms with Crippen LogP contribution in [0, 0.1) is 23.3 Å². The van der Waals surface area contributed by atoms with Crippen molar-refractivity contribution >= 4 is 34.6 Å².